The molecule has 0 aliphatic carbocycles. The summed E-state index contributed by atoms with van der Waals surface area (Å²) in [4.78, 5) is 23.7. The van der Waals surface area contributed by atoms with Crippen molar-refractivity contribution in [1.29, 1.82) is 5.26 Å². The third-order valence-corrected chi connectivity index (χ3v) is 3.71. The molecular weight excluding hydrogens is 342 g/mol. The number of benzene rings is 2. The van der Waals surface area contributed by atoms with Crippen molar-refractivity contribution in [3.05, 3.63) is 77.5 Å². The molecule has 0 saturated heterocycles. The maximum Gasteiger partial charge on any atom is 0.276 e. The number of hydrogen-bond donors (Lipinski definition) is 2. The quantitative estimate of drug-likeness (QED) is 0.676. The third-order valence-electron chi connectivity index (χ3n) is 3.71. The van der Waals surface area contributed by atoms with Crippen molar-refractivity contribution < 1.29 is 9.59 Å². The van der Waals surface area contributed by atoms with Crippen LogP contribution in [0.1, 0.15) is 33.3 Å². The maximum absolute atomic E-state index is 12.2. The van der Waals surface area contributed by atoms with Crippen molar-refractivity contribution in [2.24, 2.45) is 0 Å². The van der Waals surface area contributed by atoms with E-state index >= 15 is 0 Å². The highest BCUT2D eigenvalue weighted by molar-refractivity contribution is 6.02. The Labute approximate surface area is 155 Å². The SMILES string of the molecule is CC(=O)c1cccc(Nc2ccc(C(=O)Nc3ccc(C#N)cc3)nn2)c1. The molecule has 1 heterocycles. The summed E-state index contributed by atoms with van der Waals surface area (Å²) in [5.41, 5.74) is 2.52. The summed E-state index contributed by atoms with van der Waals surface area (Å²) in [6.45, 7) is 1.50. The largest absolute Gasteiger partial charge is 0.339 e. The van der Waals surface area contributed by atoms with Crippen molar-refractivity contribution in [2.45, 2.75) is 6.92 Å². The second kappa shape index (κ2) is 7.89. The minimum Gasteiger partial charge on any atom is -0.339 e. The van der Waals surface area contributed by atoms with Crippen molar-refractivity contribution >= 4 is 28.9 Å². The number of carbonyl (C=O) groups excluding carboxylic acids is 2. The Kier molecular flexibility index (Phi) is 5.19. The first-order valence-electron chi connectivity index (χ1n) is 8.08. The number of nitriles is 1. The Bertz CT molecular complexity index is 1020. The summed E-state index contributed by atoms with van der Waals surface area (Å²) in [6, 6.07) is 18.7. The minimum absolute atomic E-state index is 0.0282. The summed E-state index contributed by atoms with van der Waals surface area (Å²) < 4.78 is 0. The number of ketones is 1. The molecule has 1 aromatic heterocycles. The Balaban J connectivity index is 1.67. The average Bonchev–Trinajstić information content (AvgIpc) is 2.69. The smallest absolute Gasteiger partial charge is 0.276 e. The van der Waals surface area contributed by atoms with Gasteiger partial charge in [-0.2, -0.15) is 5.26 Å². The van der Waals surface area contributed by atoms with Crippen LogP contribution in [0.25, 0.3) is 0 Å². The van der Waals surface area contributed by atoms with E-state index in [9.17, 15) is 9.59 Å². The van der Waals surface area contributed by atoms with Gasteiger partial charge < -0.3 is 10.6 Å². The van der Waals surface area contributed by atoms with E-state index in [4.69, 9.17) is 5.26 Å². The van der Waals surface area contributed by atoms with Crippen LogP contribution < -0.4 is 10.6 Å². The lowest BCUT2D eigenvalue weighted by atomic mass is 10.1. The molecule has 0 atom stereocenters. The number of amides is 1. The van der Waals surface area contributed by atoms with E-state index in [0.717, 1.165) is 0 Å². The van der Waals surface area contributed by atoms with Crippen LogP contribution in [0.4, 0.5) is 17.2 Å². The van der Waals surface area contributed by atoms with Crippen molar-refractivity contribution in [2.75, 3.05) is 10.6 Å². The zero-order valence-corrected chi connectivity index (χ0v) is 14.4. The van der Waals surface area contributed by atoms with Gasteiger partial charge in [-0.25, -0.2) is 0 Å². The monoisotopic (exact) mass is 357 g/mol. The predicted molar refractivity (Wildman–Crippen MR) is 101 cm³/mol. The van der Waals surface area contributed by atoms with Crippen LogP contribution in [0.5, 0.6) is 0 Å². The molecule has 0 unspecified atom stereocenters. The van der Waals surface area contributed by atoms with Crippen molar-refractivity contribution in [1.82, 2.24) is 10.2 Å². The van der Waals surface area contributed by atoms with E-state index in [1.807, 2.05) is 6.07 Å². The number of aromatic nitrogens is 2. The normalized spacial score (nSPS) is 9.93. The predicted octanol–water partition coefficient (Wildman–Crippen LogP) is 3.55. The van der Waals surface area contributed by atoms with Gasteiger partial charge in [-0.3, -0.25) is 9.59 Å². The van der Waals surface area contributed by atoms with E-state index in [1.165, 1.54) is 6.92 Å². The van der Waals surface area contributed by atoms with Crippen LogP contribution in [-0.2, 0) is 0 Å². The second-order valence-corrected chi connectivity index (χ2v) is 5.71. The first-order valence-corrected chi connectivity index (χ1v) is 8.08. The molecule has 0 fully saturated rings. The van der Waals surface area contributed by atoms with E-state index in [0.29, 0.717) is 28.3 Å². The minimum atomic E-state index is -0.405. The molecule has 3 rings (SSSR count). The van der Waals surface area contributed by atoms with Crippen LogP contribution in [0.15, 0.2) is 60.7 Å². The molecule has 27 heavy (non-hydrogen) atoms. The molecule has 0 bridgehead atoms. The number of Topliss-reactive ketones (excluding diaryl/α,β-unsaturated/α-hetero) is 1. The van der Waals surface area contributed by atoms with Gasteiger partial charge in [0.05, 0.1) is 11.6 Å². The highest BCUT2D eigenvalue weighted by atomic mass is 16.2. The third kappa shape index (κ3) is 4.52. The second-order valence-electron chi connectivity index (χ2n) is 5.71. The number of nitrogens with zero attached hydrogens (tertiary/aromatic N) is 3. The number of hydrogen-bond acceptors (Lipinski definition) is 6. The summed E-state index contributed by atoms with van der Waals surface area (Å²) in [5.74, 6) is 0.0162. The van der Waals surface area contributed by atoms with Crippen molar-refractivity contribution in [3.63, 3.8) is 0 Å². The lowest BCUT2D eigenvalue weighted by Crippen LogP contribution is -2.14. The van der Waals surface area contributed by atoms with Gasteiger partial charge in [0, 0.05) is 16.9 Å². The van der Waals surface area contributed by atoms with E-state index in [2.05, 4.69) is 20.8 Å². The van der Waals surface area contributed by atoms with Crippen LogP contribution in [0.3, 0.4) is 0 Å². The summed E-state index contributed by atoms with van der Waals surface area (Å²) in [6.07, 6.45) is 0. The standard InChI is InChI=1S/C20H15N5O2/c1-13(26)15-3-2-4-17(11-15)22-19-10-9-18(24-25-19)20(27)23-16-7-5-14(12-21)6-8-16/h2-11H,1H3,(H,22,25)(H,23,27). The Hall–Kier alpha value is -4.05. The molecule has 3 aromatic rings. The molecule has 1 amide bonds. The molecule has 0 spiro atoms. The molecule has 0 aliphatic heterocycles. The topological polar surface area (TPSA) is 108 Å². The molecule has 7 heteroatoms. The van der Waals surface area contributed by atoms with Gasteiger partial charge in [-0.05, 0) is 55.5 Å². The van der Waals surface area contributed by atoms with Crippen LogP contribution >= 0.6 is 0 Å². The van der Waals surface area contributed by atoms with Gasteiger partial charge in [-0.15, -0.1) is 10.2 Å². The number of anilines is 3. The number of nitrogens with one attached hydrogen (secondary N) is 2. The molecule has 2 aromatic carbocycles. The molecule has 132 valence electrons. The van der Waals surface area contributed by atoms with Crippen LogP contribution in [0, 0.1) is 11.3 Å². The first-order chi connectivity index (χ1) is 13.0. The summed E-state index contributed by atoms with van der Waals surface area (Å²) >= 11 is 0. The Morgan fingerprint density at radius 3 is 2.37 bits per heavy atom. The Morgan fingerprint density at radius 1 is 0.963 bits per heavy atom. The first kappa shape index (κ1) is 17.8. The molecule has 0 aliphatic rings. The summed E-state index contributed by atoms with van der Waals surface area (Å²) in [7, 11) is 0. The maximum atomic E-state index is 12.2. The van der Waals surface area contributed by atoms with Gasteiger partial charge in [0.15, 0.2) is 17.3 Å². The van der Waals surface area contributed by atoms with E-state index < -0.39 is 5.91 Å². The highest BCUT2D eigenvalue weighted by Gasteiger charge is 2.09. The van der Waals surface area contributed by atoms with Crippen LogP contribution in [0.2, 0.25) is 0 Å². The summed E-state index contributed by atoms with van der Waals surface area (Å²) in [5, 5.41) is 22.4. The number of carbonyl (C=O) groups is 2. The van der Waals surface area contributed by atoms with E-state index in [-0.39, 0.29) is 11.5 Å². The molecular formula is C20H15N5O2. The lowest BCUT2D eigenvalue weighted by Gasteiger charge is -2.07. The fourth-order valence-corrected chi connectivity index (χ4v) is 2.31. The Morgan fingerprint density at radius 2 is 1.74 bits per heavy atom. The van der Waals surface area contributed by atoms with Crippen LogP contribution in [-0.4, -0.2) is 21.9 Å². The number of rotatable bonds is 5. The fraction of sp³-hybridized carbons (Fsp3) is 0.0500. The molecule has 0 radical (unpaired) electrons. The van der Waals surface area contributed by atoms with Gasteiger partial charge >= 0.3 is 0 Å². The van der Waals surface area contributed by atoms with Gasteiger partial charge in [0.2, 0.25) is 0 Å². The van der Waals surface area contributed by atoms with Gasteiger partial charge in [0.25, 0.3) is 5.91 Å². The van der Waals surface area contributed by atoms with Gasteiger partial charge in [-0.1, -0.05) is 12.1 Å². The molecule has 0 saturated carbocycles. The van der Waals surface area contributed by atoms with Gasteiger partial charge in [0.1, 0.15) is 0 Å². The average molecular weight is 357 g/mol. The molecule has 7 nitrogen and oxygen atoms in total. The van der Waals surface area contributed by atoms with Crippen molar-refractivity contribution in [3.8, 4) is 6.07 Å². The zero-order valence-electron chi connectivity index (χ0n) is 14.4. The van der Waals surface area contributed by atoms with E-state index in [1.54, 1.807) is 60.7 Å². The fourth-order valence-electron chi connectivity index (χ4n) is 2.31. The lowest BCUT2D eigenvalue weighted by molar-refractivity contribution is 0.101. The highest BCUT2D eigenvalue weighted by Crippen LogP contribution is 2.16. The zero-order chi connectivity index (χ0) is 19.2. The molecule has 2 N–H and O–H groups in total.